The van der Waals surface area contributed by atoms with Crippen LogP contribution in [0.15, 0.2) is 52.9 Å². The zero-order chi connectivity index (χ0) is 18.6. The lowest BCUT2D eigenvalue weighted by Gasteiger charge is -2.16. The van der Waals surface area contributed by atoms with E-state index in [0.29, 0.717) is 24.0 Å². The van der Waals surface area contributed by atoms with Gasteiger partial charge in [-0.15, -0.1) is 0 Å². The van der Waals surface area contributed by atoms with E-state index < -0.39 is 0 Å². The summed E-state index contributed by atoms with van der Waals surface area (Å²) < 4.78 is 11.1. The number of methoxy groups -OCH3 is 1. The van der Waals surface area contributed by atoms with Crippen LogP contribution in [0, 0.1) is 5.92 Å². The molecule has 3 aromatic rings. The van der Waals surface area contributed by atoms with Crippen LogP contribution in [0.3, 0.4) is 0 Å². The maximum absolute atomic E-state index is 12.8. The molecule has 5 heteroatoms. The molecule has 2 heterocycles. The van der Waals surface area contributed by atoms with Crippen molar-refractivity contribution in [3.63, 3.8) is 0 Å². The molecule has 0 aliphatic carbocycles. The molecule has 140 valence electrons. The van der Waals surface area contributed by atoms with Crippen molar-refractivity contribution in [1.82, 2.24) is 9.88 Å². The number of nitrogens with zero attached hydrogens (tertiary/aromatic N) is 2. The second-order valence-electron chi connectivity index (χ2n) is 7.14. The molecule has 5 nitrogen and oxygen atoms in total. The van der Waals surface area contributed by atoms with E-state index in [1.165, 1.54) is 5.56 Å². The van der Waals surface area contributed by atoms with E-state index in [9.17, 15) is 4.79 Å². The lowest BCUT2D eigenvalue weighted by Crippen LogP contribution is -2.29. The van der Waals surface area contributed by atoms with Crippen molar-refractivity contribution in [2.75, 3.05) is 26.8 Å². The van der Waals surface area contributed by atoms with Crippen molar-refractivity contribution in [2.24, 2.45) is 5.92 Å². The third-order valence-corrected chi connectivity index (χ3v) is 5.12. The normalized spacial score (nSPS) is 16.9. The molecule has 1 fully saturated rings. The van der Waals surface area contributed by atoms with Gasteiger partial charge in [-0.3, -0.25) is 4.79 Å². The Labute approximate surface area is 158 Å². The molecule has 1 saturated heterocycles. The minimum atomic E-state index is 0.0596. The number of aromatic nitrogens is 1. The van der Waals surface area contributed by atoms with Gasteiger partial charge in [0, 0.05) is 38.1 Å². The molecule has 0 radical (unpaired) electrons. The van der Waals surface area contributed by atoms with Gasteiger partial charge in [0.1, 0.15) is 5.52 Å². The van der Waals surface area contributed by atoms with E-state index in [2.05, 4.69) is 17.1 Å². The van der Waals surface area contributed by atoms with E-state index >= 15 is 0 Å². The Morgan fingerprint density at radius 3 is 2.89 bits per heavy atom. The largest absolute Gasteiger partial charge is 0.441 e. The zero-order valence-electron chi connectivity index (χ0n) is 15.6. The number of carbonyl (C=O) groups excluding carboxylic acids is 1. The summed E-state index contributed by atoms with van der Waals surface area (Å²) in [4.78, 5) is 19.3. The second-order valence-corrected chi connectivity index (χ2v) is 7.14. The molecular formula is C22H24N2O3. The number of amides is 1. The SMILES string of the molecule is COC[C@@H]1CCN(C(=O)c2ccc3oc(CCc4ccccc4)nc3c2)C1. The smallest absolute Gasteiger partial charge is 0.253 e. The van der Waals surface area contributed by atoms with Crippen LogP contribution in [0.4, 0.5) is 0 Å². The standard InChI is InChI=1S/C22H24N2O3/c1-26-15-17-11-12-24(14-17)22(25)18-8-9-20-19(13-18)23-21(27-20)10-7-16-5-3-2-4-6-16/h2-6,8-9,13,17H,7,10-12,14-15H2,1H3/t17-/m1/s1. The minimum absolute atomic E-state index is 0.0596. The Morgan fingerprint density at radius 2 is 2.07 bits per heavy atom. The summed E-state index contributed by atoms with van der Waals surface area (Å²) in [6.07, 6.45) is 2.62. The highest BCUT2D eigenvalue weighted by atomic mass is 16.5. The number of benzene rings is 2. The van der Waals surface area contributed by atoms with Crippen LogP contribution >= 0.6 is 0 Å². The van der Waals surface area contributed by atoms with Gasteiger partial charge in [-0.2, -0.15) is 0 Å². The van der Waals surface area contributed by atoms with Crippen LogP contribution in [-0.4, -0.2) is 42.6 Å². The molecule has 1 amide bonds. The quantitative estimate of drug-likeness (QED) is 0.669. The summed E-state index contributed by atoms with van der Waals surface area (Å²) in [5, 5.41) is 0. The molecule has 0 bridgehead atoms. The molecule has 2 aromatic carbocycles. The van der Waals surface area contributed by atoms with Gasteiger partial charge in [-0.05, 0) is 36.6 Å². The number of rotatable bonds is 6. The number of carbonyl (C=O) groups is 1. The lowest BCUT2D eigenvalue weighted by molar-refractivity contribution is 0.0775. The molecule has 4 rings (SSSR count). The van der Waals surface area contributed by atoms with Gasteiger partial charge < -0.3 is 14.1 Å². The summed E-state index contributed by atoms with van der Waals surface area (Å²) >= 11 is 0. The maximum Gasteiger partial charge on any atom is 0.253 e. The van der Waals surface area contributed by atoms with Crippen LogP contribution in [0.25, 0.3) is 11.1 Å². The number of hydrogen-bond donors (Lipinski definition) is 0. The molecule has 1 atom stereocenters. The van der Waals surface area contributed by atoms with Crippen molar-refractivity contribution < 1.29 is 13.9 Å². The van der Waals surface area contributed by atoms with Crippen molar-refractivity contribution >= 4 is 17.0 Å². The summed E-state index contributed by atoms with van der Waals surface area (Å²) in [5.41, 5.74) is 3.41. The minimum Gasteiger partial charge on any atom is -0.441 e. The number of aryl methyl sites for hydroxylation is 2. The van der Waals surface area contributed by atoms with Crippen LogP contribution in [-0.2, 0) is 17.6 Å². The van der Waals surface area contributed by atoms with E-state index in [1.54, 1.807) is 7.11 Å². The maximum atomic E-state index is 12.8. The predicted octanol–water partition coefficient (Wildman–Crippen LogP) is 3.72. The lowest BCUT2D eigenvalue weighted by atomic mass is 10.1. The van der Waals surface area contributed by atoms with E-state index in [-0.39, 0.29) is 5.91 Å². The average Bonchev–Trinajstić information content (AvgIpc) is 3.33. The number of ether oxygens (including phenoxy) is 1. The monoisotopic (exact) mass is 364 g/mol. The molecular weight excluding hydrogens is 340 g/mol. The summed E-state index contributed by atoms with van der Waals surface area (Å²) in [6, 6.07) is 15.8. The zero-order valence-corrected chi connectivity index (χ0v) is 15.6. The van der Waals surface area contributed by atoms with Crippen LogP contribution in [0.1, 0.15) is 28.2 Å². The van der Waals surface area contributed by atoms with E-state index in [1.807, 2.05) is 41.3 Å². The van der Waals surface area contributed by atoms with Gasteiger partial charge in [-0.1, -0.05) is 30.3 Å². The van der Waals surface area contributed by atoms with E-state index in [4.69, 9.17) is 9.15 Å². The van der Waals surface area contributed by atoms with Gasteiger partial charge in [0.25, 0.3) is 5.91 Å². The summed E-state index contributed by atoms with van der Waals surface area (Å²) in [6.45, 7) is 2.24. The number of likely N-dealkylation sites (tertiary alicyclic amines) is 1. The Bertz CT molecular complexity index is 920. The van der Waals surface area contributed by atoms with Gasteiger partial charge in [0.15, 0.2) is 11.5 Å². The highest BCUT2D eigenvalue weighted by Crippen LogP contribution is 2.22. The first-order valence-corrected chi connectivity index (χ1v) is 9.44. The van der Waals surface area contributed by atoms with Crippen molar-refractivity contribution in [3.8, 4) is 0 Å². The number of fused-ring (bicyclic) bond motifs is 1. The first kappa shape index (κ1) is 17.7. The molecule has 0 N–H and O–H groups in total. The van der Waals surface area contributed by atoms with Gasteiger partial charge >= 0.3 is 0 Å². The third-order valence-electron chi connectivity index (χ3n) is 5.12. The Morgan fingerprint density at radius 1 is 1.22 bits per heavy atom. The van der Waals surface area contributed by atoms with Crippen LogP contribution in [0.2, 0.25) is 0 Å². The van der Waals surface area contributed by atoms with Crippen molar-refractivity contribution in [2.45, 2.75) is 19.3 Å². The molecule has 1 aliphatic rings. The summed E-state index contributed by atoms with van der Waals surface area (Å²) in [7, 11) is 1.71. The van der Waals surface area contributed by atoms with Gasteiger partial charge in [0.05, 0.1) is 6.61 Å². The van der Waals surface area contributed by atoms with E-state index in [0.717, 1.165) is 43.5 Å². The predicted molar refractivity (Wildman–Crippen MR) is 104 cm³/mol. The van der Waals surface area contributed by atoms with Crippen LogP contribution < -0.4 is 0 Å². The molecule has 1 aromatic heterocycles. The van der Waals surface area contributed by atoms with Gasteiger partial charge in [0.2, 0.25) is 0 Å². The Balaban J connectivity index is 1.45. The summed E-state index contributed by atoms with van der Waals surface area (Å²) in [5.74, 6) is 1.20. The fourth-order valence-corrected chi connectivity index (χ4v) is 3.68. The number of oxazole rings is 1. The fraction of sp³-hybridized carbons (Fsp3) is 0.364. The van der Waals surface area contributed by atoms with Crippen molar-refractivity contribution in [3.05, 3.63) is 65.5 Å². The van der Waals surface area contributed by atoms with Gasteiger partial charge in [-0.25, -0.2) is 4.98 Å². The number of hydrogen-bond acceptors (Lipinski definition) is 4. The van der Waals surface area contributed by atoms with Crippen molar-refractivity contribution in [1.29, 1.82) is 0 Å². The highest BCUT2D eigenvalue weighted by Gasteiger charge is 2.27. The molecule has 1 aliphatic heterocycles. The molecule has 0 spiro atoms. The molecule has 27 heavy (non-hydrogen) atoms. The second kappa shape index (κ2) is 7.92. The Hall–Kier alpha value is -2.66. The first-order valence-electron chi connectivity index (χ1n) is 9.44. The fourth-order valence-electron chi connectivity index (χ4n) is 3.68. The molecule has 0 unspecified atom stereocenters. The van der Waals surface area contributed by atoms with Crippen LogP contribution in [0.5, 0.6) is 0 Å². The topological polar surface area (TPSA) is 55.6 Å². The Kier molecular flexibility index (Phi) is 5.21. The first-order chi connectivity index (χ1) is 13.2. The highest BCUT2D eigenvalue weighted by molar-refractivity contribution is 5.97. The average molecular weight is 364 g/mol. The third kappa shape index (κ3) is 4.03. The molecule has 0 saturated carbocycles.